The Morgan fingerprint density at radius 3 is 2.58 bits per heavy atom. The van der Waals surface area contributed by atoms with Gasteiger partial charge in [-0.3, -0.25) is 4.79 Å². The molecular weight excluding hydrogens is 258 g/mol. The molecule has 0 aliphatic rings. The van der Waals surface area contributed by atoms with Crippen molar-refractivity contribution in [3.63, 3.8) is 0 Å². The van der Waals surface area contributed by atoms with Crippen LogP contribution in [0.1, 0.15) is 28.4 Å². The van der Waals surface area contributed by atoms with Gasteiger partial charge in [0.15, 0.2) is 0 Å². The molecule has 0 saturated carbocycles. The third-order valence-electron chi connectivity index (χ3n) is 3.10. The van der Waals surface area contributed by atoms with E-state index in [2.05, 4.69) is 12.2 Å². The van der Waals surface area contributed by atoms with E-state index in [1.165, 1.54) is 0 Å². The molecule has 0 atom stereocenters. The van der Waals surface area contributed by atoms with Crippen molar-refractivity contribution in [2.75, 3.05) is 5.32 Å². The number of benzene rings is 2. The first-order valence-corrected chi connectivity index (χ1v) is 6.65. The third-order valence-corrected chi connectivity index (χ3v) is 3.43. The Morgan fingerprint density at radius 1 is 1.16 bits per heavy atom. The number of aryl methyl sites for hydroxylation is 2. The summed E-state index contributed by atoms with van der Waals surface area (Å²) in [6.07, 6.45) is 0.875. The van der Waals surface area contributed by atoms with Gasteiger partial charge in [-0.15, -0.1) is 0 Å². The molecule has 98 valence electrons. The summed E-state index contributed by atoms with van der Waals surface area (Å²) in [6, 6.07) is 13.1. The van der Waals surface area contributed by atoms with Gasteiger partial charge in [-0.2, -0.15) is 0 Å². The van der Waals surface area contributed by atoms with E-state index in [-0.39, 0.29) is 5.91 Å². The highest BCUT2D eigenvalue weighted by Gasteiger charge is 2.12. The van der Waals surface area contributed by atoms with E-state index in [1.807, 2.05) is 31.2 Å². The predicted molar refractivity (Wildman–Crippen MR) is 80.0 cm³/mol. The van der Waals surface area contributed by atoms with Gasteiger partial charge in [0.25, 0.3) is 5.91 Å². The first-order valence-electron chi connectivity index (χ1n) is 6.28. The number of anilines is 1. The molecule has 1 amide bonds. The van der Waals surface area contributed by atoms with E-state index in [9.17, 15) is 4.79 Å². The van der Waals surface area contributed by atoms with Crippen LogP contribution in [0.3, 0.4) is 0 Å². The predicted octanol–water partition coefficient (Wildman–Crippen LogP) is 4.46. The zero-order chi connectivity index (χ0) is 13.8. The molecule has 0 aliphatic carbocycles. The van der Waals surface area contributed by atoms with Crippen molar-refractivity contribution in [3.8, 4) is 0 Å². The van der Waals surface area contributed by atoms with Crippen molar-refractivity contribution in [3.05, 3.63) is 64.2 Å². The molecule has 3 heteroatoms. The maximum absolute atomic E-state index is 12.3. The van der Waals surface area contributed by atoms with Crippen LogP contribution in [0.25, 0.3) is 0 Å². The van der Waals surface area contributed by atoms with Crippen LogP contribution in [-0.2, 0) is 6.42 Å². The third kappa shape index (κ3) is 2.96. The Hall–Kier alpha value is -1.80. The fraction of sp³-hybridized carbons (Fsp3) is 0.188. The second-order valence-corrected chi connectivity index (χ2v) is 4.80. The number of carbonyl (C=O) groups excluding carboxylic acids is 1. The van der Waals surface area contributed by atoms with E-state index in [0.717, 1.165) is 23.2 Å². The van der Waals surface area contributed by atoms with Crippen LogP contribution in [0, 0.1) is 6.92 Å². The lowest BCUT2D eigenvalue weighted by Crippen LogP contribution is -2.14. The molecule has 2 aromatic carbocycles. The molecule has 0 spiro atoms. The van der Waals surface area contributed by atoms with Crippen LogP contribution < -0.4 is 5.32 Å². The molecular formula is C16H16ClNO. The summed E-state index contributed by atoms with van der Waals surface area (Å²) >= 11 is 6.04. The molecule has 0 fully saturated rings. The maximum Gasteiger partial charge on any atom is 0.257 e. The lowest BCUT2D eigenvalue weighted by Gasteiger charge is -2.13. The second kappa shape index (κ2) is 5.89. The molecule has 0 aromatic heterocycles. The molecule has 2 nitrogen and oxygen atoms in total. The van der Waals surface area contributed by atoms with Crippen molar-refractivity contribution in [2.45, 2.75) is 20.3 Å². The fourth-order valence-electron chi connectivity index (χ4n) is 2.03. The Balaban J connectivity index is 2.32. The highest BCUT2D eigenvalue weighted by molar-refractivity contribution is 6.34. The number of para-hydroxylation sites is 1. The lowest BCUT2D eigenvalue weighted by molar-refractivity contribution is 0.102. The summed E-state index contributed by atoms with van der Waals surface area (Å²) in [6.45, 7) is 4.06. The Labute approximate surface area is 118 Å². The number of rotatable bonds is 3. The molecule has 2 rings (SSSR count). The largest absolute Gasteiger partial charge is 0.321 e. The van der Waals surface area contributed by atoms with Gasteiger partial charge in [-0.05, 0) is 36.6 Å². The SMILES string of the molecule is CCc1cccc(C)c1NC(=O)c1ccccc1Cl. The fourth-order valence-corrected chi connectivity index (χ4v) is 2.25. The van der Waals surface area contributed by atoms with Crippen molar-refractivity contribution < 1.29 is 4.79 Å². The summed E-state index contributed by atoms with van der Waals surface area (Å²) in [5, 5.41) is 3.43. The minimum Gasteiger partial charge on any atom is -0.321 e. The van der Waals surface area contributed by atoms with E-state index in [4.69, 9.17) is 11.6 Å². The van der Waals surface area contributed by atoms with Gasteiger partial charge in [-0.25, -0.2) is 0 Å². The van der Waals surface area contributed by atoms with Crippen molar-refractivity contribution in [2.24, 2.45) is 0 Å². The minimum absolute atomic E-state index is 0.172. The molecule has 0 heterocycles. The highest BCUT2D eigenvalue weighted by atomic mass is 35.5. The topological polar surface area (TPSA) is 29.1 Å². The summed E-state index contributed by atoms with van der Waals surface area (Å²) < 4.78 is 0. The standard InChI is InChI=1S/C16H16ClNO/c1-3-12-8-6-7-11(2)15(12)18-16(19)13-9-4-5-10-14(13)17/h4-10H,3H2,1-2H3,(H,18,19). The van der Waals surface area contributed by atoms with Gasteiger partial charge in [0, 0.05) is 5.69 Å². The van der Waals surface area contributed by atoms with Gasteiger partial charge >= 0.3 is 0 Å². The molecule has 0 unspecified atom stereocenters. The first kappa shape index (κ1) is 13.6. The van der Waals surface area contributed by atoms with Crippen LogP contribution >= 0.6 is 11.6 Å². The van der Waals surface area contributed by atoms with E-state index in [0.29, 0.717) is 10.6 Å². The second-order valence-electron chi connectivity index (χ2n) is 4.40. The van der Waals surface area contributed by atoms with Gasteiger partial charge in [0.1, 0.15) is 0 Å². The van der Waals surface area contributed by atoms with Crippen molar-refractivity contribution in [1.82, 2.24) is 0 Å². The average molecular weight is 274 g/mol. The van der Waals surface area contributed by atoms with Crippen LogP contribution in [0.2, 0.25) is 5.02 Å². The monoisotopic (exact) mass is 273 g/mol. The Morgan fingerprint density at radius 2 is 1.89 bits per heavy atom. The molecule has 2 aromatic rings. The van der Waals surface area contributed by atoms with Crippen LogP contribution in [0.5, 0.6) is 0 Å². The van der Waals surface area contributed by atoms with Crippen LogP contribution in [-0.4, -0.2) is 5.91 Å². The molecule has 1 N–H and O–H groups in total. The summed E-state index contributed by atoms with van der Waals surface area (Å²) in [7, 11) is 0. The van der Waals surface area contributed by atoms with Gasteiger partial charge < -0.3 is 5.32 Å². The number of amides is 1. The van der Waals surface area contributed by atoms with E-state index in [1.54, 1.807) is 18.2 Å². The van der Waals surface area contributed by atoms with Crippen molar-refractivity contribution in [1.29, 1.82) is 0 Å². The Bertz CT molecular complexity index is 607. The number of hydrogen-bond acceptors (Lipinski definition) is 1. The van der Waals surface area contributed by atoms with Gasteiger partial charge in [-0.1, -0.05) is 48.9 Å². The normalized spacial score (nSPS) is 10.3. The molecule has 19 heavy (non-hydrogen) atoms. The molecule has 0 bridgehead atoms. The summed E-state index contributed by atoms with van der Waals surface area (Å²) in [5.41, 5.74) is 3.56. The molecule has 0 saturated heterocycles. The van der Waals surface area contributed by atoms with E-state index < -0.39 is 0 Å². The number of nitrogens with one attached hydrogen (secondary N) is 1. The number of carbonyl (C=O) groups is 1. The first-order chi connectivity index (χ1) is 9.13. The Kier molecular flexibility index (Phi) is 4.23. The quantitative estimate of drug-likeness (QED) is 0.879. The highest BCUT2D eigenvalue weighted by Crippen LogP contribution is 2.23. The van der Waals surface area contributed by atoms with E-state index >= 15 is 0 Å². The van der Waals surface area contributed by atoms with Crippen molar-refractivity contribution >= 4 is 23.2 Å². The van der Waals surface area contributed by atoms with Gasteiger partial charge in [0.2, 0.25) is 0 Å². The number of hydrogen-bond donors (Lipinski definition) is 1. The lowest BCUT2D eigenvalue weighted by atomic mass is 10.1. The summed E-state index contributed by atoms with van der Waals surface area (Å²) in [4.78, 5) is 12.3. The smallest absolute Gasteiger partial charge is 0.257 e. The maximum atomic E-state index is 12.3. The zero-order valence-electron chi connectivity index (χ0n) is 11.0. The zero-order valence-corrected chi connectivity index (χ0v) is 11.8. The number of halogens is 1. The van der Waals surface area contributed by atoms with Gasteiger partial charge in [0.05, 0.1) is 10.6 Å². The van der Waals surface area contributed by atoms with Crippen LogP contribution in [0.15, 0.2) is 42.5 Å². The summed E-state index contributed by atoms with van der Waals surface area (Å²) in [5.74, 6) is -0.172. The average Bonchev–Trinajstić information content (AvgIpc) is 2.41. The molecule has 0 aliphatic heterocycles. The molecule has 0 radical (unpaired) electrons. The van der Waals surface area contributed by atoms with Crippen LogP contribution in [0.4, 0.5) is 5.69 Å². The minimum atomic E-state index is -0.172.